The van der Waals surface area contributed by atoms with Gasteiger partial charge in [-0.25, -0.2) is 4.68 Å². The lowest BCUT2D eigenvalue weighted by Gasteiger charge is -2.36. The lowest BCUT2D eigenvalue weighted by Crippen LogP contribution is -2.46. The Hall–Kier alpha value is -1.85. The van der Waals surface area contributed by atoms with Crippen LogP contribution in [0, 0.1) is 0 Å². The molecule has 1 saturated heterocycles. The second-order valence-electron chi connectivity index (χ2n) is 5.52. The van der Waals surface area contributed by atoms with Gasteiger partial charge in [0.2, 0.25) is 0 Å². The summed E-state index contributed by atoms with van der Waals surface area (Å²) in [6, 6.07) is 10.5. The number of aromatic nitrogens is 2. The van der Waals surface area contributed by atoms with E-state index in [0.717, 1.165) is 38.4 Å². The highest BCUT2D eigenvalue weighted by Gasteiger charge is 2.20. The van der Waals surface area contributed by atoms with E-state index < -0.39 is 0 Å². The number of hydrogen-bond donors (Lipinski definition) is 0. The van der Waals surface area contributed by atoms with Crippen LogP contribution in [0.2, 0.25) is 5.02 Å². The van der Waals surface area contributed by atoms with Gasteiger partial charge in [0.05, 0.1) is 11.9 Å². The summed E-state index contributed by atoms with van der Waals surface area (Å²) < 4.78 is 1.26. The molecule has 1 aromatic carbocycles. The van der Waals surface area contributed by atoms with E-state index in [1.54, 1.807) is 13.2 Å². The standard InChI is InChI=1S/C16H19ClN4O/c1-19-16(22)15(17)14(11-18-19)21-9-7-20(8-10-21)12-13-5-3-2-4-6-13/h2-6,11H,7-10,12H2,1H3. The van der Waals surface area contributed by atoms with Crippen molar-refractivity contribution in [2.75, 3.05) is 31.1 Å². The van der Waals surface area contributed by atoms with Crippen LogP contribution in [0.3, 0.4) is 0 Å². The minimum absolute atomic E-state index is 0.245. The minimum atomic E-state index is -0.245. The van der Waals surface area contributed by atoms with Gasteiger partial charge in [0.1, 0.15) is 5.02 Å². The van der Waals surface area contributed by atoms with Crippen LogP contribution in [-0.2, 0) is 13.6 Å². The van der Waals surface area contributed by atoms with Crippen LogP contribution in [0.15, 0.2) is 41.3 Å². The van der Waals surface area contributed by atoms with Gasteiger partial charge in [0.15, 0.2) is 0 Å². The van der Waals surface area contributed by atoms with Crippen LogP contribution in [0.4, 0.5) is 5.69 Å². The van der Waals surface area contributed by atoms with E-state index in [2.05, 4.69) is 39.2 Å². The van der Waals surface area contributed by atoms with E-state index in [9.17, 15) is 4.79 Å². The summed E-state index contributed by atoms with van der Waals surface area (Å²) >= 11 is 6.17. The molecule has 1 aliphatic heterocycles. The summed E-state index contributed by atoms with van der Waals surface area (Å²) in [5.41, 5.74) is 1.82. The molecule has 0 amide bonds. The molecule has 6 heteroatoms. The molecule has 0 aliphatic carbocycles. The third kappa shape index (κ3) is 3.15. The molecule has 0 atom stereocenters. The van der Waals surface area contributed by atoms with Crippen molar-refractivity contribution < 1.29 is 0 Å². The second kappa shape index (κ2) is 6.50. The molecule has 0 N–H and O–H groups in total. The molecule has 1 fully saturated rings. The number of nitrogens with zero attached hydrogens (tertiary/aromatic N) is 4. The van der Waals surface area contributed by atoms with Gasteiger partial charge in [-0.05, 0) is 5.56 Å². The van der Waals surface area contributed by atoms with Crippen molar-refractivity contribution in [1.29, 1.82) is 0 Å². The average molecular weight is 319 g/mol. The molecule has 0 saturated carbocycles. The van der Waals surface area contributed by atoms with Gasteiger partial charge in [-0.3, -0.25) is 9.69 Å². The Bertz CT molecular complexity index is 693. The maximum Gasteiger partial charge on any atom is 0.287 e. The molecule has 116 valence electrons. The SMILES string of the molecule is Cn1ncc(N2CCN(Cc3ccccc3)CC2)c(Cl)c1=O. The fraction of sp³-hybridized carbons (Fsp3) is 0.375. The largest absolute Gasteiger partial charge is 0.366 e. The molecule has 0 radical (unpaired) electrons. The van der Waals surface area contributed by atoms with E-state index >= 15 is 0 Å². The minimum Gasteiger partial charge on any atom is -0.366 e. The maximum absolute atomic E-state index is 11.9. The quantitative estimate of drug-likeness (QED) is 0.864. The molecule has 2 aromatic rings. The van der Waals surface area contributed by atoms with E-state index in [-0.39, 0.29) is 10.6 Å². The van der Waals surface area contributed by atoms with Gasteiger partial charge in [0.25, 0.3) is 5.56 Å². The van der Waals surface area contributed by atoms with E-state index in [1.165, 1.54) is 10.2 Å². The lowest BCUT2D eigenvalue weighted by molar-refractivity contribution is 0.250. The molecule has 1 aliphatic rings. The fourth-order valence-corrected chi connectivity index (χ4v) is 3.00. The number of benzene rings is 1. The normalized spacial score (nSPS) is 16.0. The highest BCUT2D eigenvalue weighted by Crippen LogP contribution is 2.22. The number of hydrogen-bond acceptors (Lipinski definition) is 4. The van der Waals surface area contributed by atoms with Crippen molar-refractivity contribution in [1.82, 2.24) is 14.7 Å². The van der Waals surface area contributed by atoms with Gasteiger partial charge in [-0.2, -0.15) is 5.10 Å². The summed E-state index contributed by atoms with van der Waals surface area (Å²) in [6.45, 7) is 4.54. The first-order chi connectivity index (χ1) is 10.6. The van der Waals surface area contributed by atoms with Crippen molar-refractivity contribution in [3.05, 3.63) is 57.5 Å². The Balaban J connectivity index is 1.65. The van der Waals surface area contributed by atoms with Crippen molar-refractivity contribution in [2.24, 2.45) is 7.05 Å². The van der Waals surface area contributed by atoms with Gasteiger partial charge in [-0.15, -0.1) is 0 Å². The Labute approximate surface area is 134 Å². The topological polar surface area (TPSA) is 41.4 Å². The predicted octanol–water partition coefficient (Wildman–Crippen LogP) is 1.76. The monoisotopic (exact) mass is 318 g/mol. The van der Waals surface area contributed by atoms with Crippen molar-refractivity contribution in [2.45, 2.75) is 6.54 Å². The average Bonchev–Trinajstić information content (AvgIpc) is 2.55. The predicted molar refractivity (Wildman–Crippen MR) is 88.4 cm³/mol. The Morgan fingerprint density at radius 2 is 1.82 bits per heavy atom. The molecule has 0 spiro atoms. The first kappa shape index (κ1) is 15.1. The van der Waals surface area contributed by atoms with Crippen molar-refractivity contribution >= 4 is 17.3 Å². The van der Waals surface area contributed by atoms with Crippen molar-refractivity contribution in [3.8, 4) is 0 Å². The van der Waals surface area contributed by atoms with Crippen LogP contribution < -0.4 is 10.5 Å². The van der Waals surface area contributed by atoms with Crippen LogP contribution in [0.25, 0.3) is 0 Å². The zero-order chi connectivity index (χ0) is 15.5. The molecule has 22 heavy (non-hydrogen) atoms. The van der Waals surface area contributed by atoms with Crippen molar-refractivity contribution in [3.63, 3.8) is 0 Å². The first-order valence-electron chi connectivity index (χ1n) is 7.38. The molecule has 5 nitrogen and oxygen atoms in total. The number of anilines is 1. The molecule has 3 rings (SSSR count). The van der Waals surface area contributed by atoms with E-state index in [1.807, 2.05) is 6.07 Å². The van der Waals surface area contributed by atoms with Gasteiger partial charge in [0, 0.05) is 39.8 Å². The lowest BCUT2D eigenvalue weighted by atomic mass is 10.2. The molecule has 2 heterocycles. The van der Waals surface area contributed by atoms with Gasteiger partial charge >= 0.3 is 0 Å². The second-order valence-corrected chi connectivity index (χ2v) is 5.90. The zero-order valence-corrected chi connectivity index (χ0v) is 13.3. The van der Waals surface area contributed by atoms with E-state index in [4.69, 9.17) is 11.6 Å². The summed E-state index contributed by atoms with van der Waals surface area (Å²) in [6.07, 6.45) is 1.68. The maximum atomic E-state index is 11.9. The molecule has 1 aromatic heterocycles. The molecular weight excluding hydrogens is 300 g/mol. The number of aryl methyl sites for hydroxylation is 1. The smallest absolute Gasteiger partial charge is 0.287 e. The van der Waals surface area contributed by atoms with Crippen LogP contribution >= 0.6 is 11.6 Å². The van der Waals surface area contributed by atoms with Crippen LogP contribution in [0.5, 0.6) is 0 Å². The van der Waals surface area contributed by atoms with Gasteiger partial charge < -0.3 is 4.90 Å². The summed E-state index contributed by atoms with van der Waals surface area (Å²) in [5.74, 6) is 0. The highest BCUT2D eigenvalue weighted by molar-refractivity contribution is 6.33. The Morgan fingerprint density at radius 1 is 1.14 bits per heavy atom. The number of piperazine rings is 1. The first-order valence-corrected chi connectivity index (χ1v) is 7.76. The number of halogens is 1. The van der Waals surface area contributed by atoms with Gasteiger partial charge in [-0.1, -0.05) is 41.9 Å². The summed E-state index contributed by atoms with van der Waals surface area (Å²) in [7, 11) is 1.61. The van der Waals surface area contributed by atoms with Crippen LogP contribution in [0.1, 0.15) is 5.56 Å². The molecular formula is C16H19ClN4O. The highest BCUT2D eigenvalue weighted by atomic mass is 35.5. The molecule has 0 unspecified atom stereocenters. The Kier molecular flexibility index (Phi) is 4.45. The zero-order valence-electron chi connectivity index (χ0n) is 12.6. The summed E-state index contributed by atoms with van der Waals surface area (Å²) in [5, 5.41) is 4.32. The third-order valence-electron chi connectivity index (χ3n) is 4.02. The molecule has 0 bridgehead atoms. The van der Waals surface area contributed by atoms with E-state index in [0.29, 0.717) is 0 Å². The number of rotatable bonds is 3. The summed E-state index contributed by atoms with van der Waals surface area (Å²) in [4.78, 5) is 16.4. The third-order valence-corrected chi connectivity index (χ3v) is 4.38. The Morgan fingerprint density at radius 3 is 2.50 bits per heavy atom. The fourth-order valence-electron chi connectivity index (χ4n) is 2.71. The van der Waals surface area contributed by atoms with Crippen LogP contribution in [-0.4, -0.2) is 40.9 Å².